The summed E-state index contributed by atoms with van der Waals surface area (Å²) in [6, 6.07) is 0. The van der Waals surface area contributed by atoms with E-state index in [1.165, 1.54) is 161 Å². The molecule has 0 fully saturated rings. The third kappa shape index (κ3) is 56.5. The monoisotopic (exact) mass is 1040 g/mol. The quantitative estimate of drug-likeness (QED) is 0.0211. The number of nitrogens with zero attached hydrogens (tertiary/aromatic N) is 1. The average molecular weight is 1040 g/mol. The van der Waals surface area contributed by atoms with Crippen molar-refractivity contribution in [3.63, 3.8) is 0 Å². The van der Waals surface area contributed by atoms with Crippen molar-refractivity contribution in [1.82, 2.24) is 0 Å². The molecule has 74 heavy (non-hydrogen) atoms. The van der Waals surface area contributed by atoms with Crippen LogP contribution in [0.1, 0.15) is 264 Å². The maximum atomic E-state index is 12.9. The van der Waals surface area contributed by atoms with E-state index in [1.807, 2.05) is 21.1 Å². The Morgan fingerprint density at radius 3 is 1.15 bits per heavy atom. The van der Waals surface area contributed by atoms with Crippen LogP contribution in [0.25, 0.3) is 0 Å². The lowest BCUT2D eigenvalue weighted by atomic mass is 10.0. The van der Waals surface area contributed by atoms with Crippen LogP contribution in [0, 0.1) is 0 Å². The highest BCUT2D eigenvalue weighted by Crippen LogP contribution is 2.17. The largest absolute Gasteiger partial charge is 0.477 e. The fourth-order valence-electron chi connectivity index (χ4n) is 8.55. The van der Waals surface area contributed by atoms with Crippen LogP contribution in [0.2, 0.25) is 0 Å². The van der Waals surface area contributed by atoms with Crippen molar-refractivity contribution in [3.05, 3.63) is 72.9 Å². The van der Waals surface area contributed by atoms with Crippen molar-refractivity contribution in [2.24, 2.45) is 0 Å². The minimum atomic E-state index is -1.52. The molecule has 2 unspecified atom stereocenters. The van der Waals surface area contributed by atoms with Gasteiger partial charge in [0.05, 0.1) is 34.4 Å². The van der Waals surface area contributed by atoms with Gasteiger partial charge in [-0.15, -0.1) is 0 Å². The molecule has 0 aromatic rings. The summed E-state index contributed by atoms with van der Waals surface area (Å²) < 4.78 is 22.8. The molecule has 9 heteroatoms. The molecule has 0 saturated heterocycles. The zero-order chi connectivity index (χ0) is 54.1. The number of allylic oxidation sites excluding steroid dienone is 12. The Bertz CT molecular complexity index is 1440. The van der Waals surface area contributed by atoms with Crippen molar-refractivity contribution in [1.29, 1.82) is 0 Å². The summed E-state index contributed by atoms with van der Waals surface area (Å²) in [5.74, 6) is -2.06. The molecule has 0 aliphatic carbocycles. The third-order valence-electron chi connectivity index (χ3n) is 13.2. The van der Waals surface area contributed by atoms with E-state index in [0.29, 0.717) is 23.9 Å². The van der Waals surface area contributed by atoms with Gasteiger partial charge < -0.3 is 28.5 Å². The van der Waals surface area contributed by atoms with Gasteiger partial charge in [-0.2, -0.15) is 0 Å². The van der Waals surface area contributed by atoms with Gasteiger partial charge in [-0.3, -0.25) is 9.59 Å². The van der Waals surface area contributed by atoms with Crippen LogP contribution in [0.4, 0.5) is 0 Å². The Morgan fingerprint density at radius 2 is 0.770 bits per heavy atom. The second kappa shape index (κ2) is 55.9. The highest BCUT2D eigenvalue weighted by Gasteiger charge is 2.25. The first kappa shape index (κ1) is 70.7. The van der Waals surface area contributed by atoms with Crippen LogP contribution in [0.5, 0.6) is 0 Å². The molecule has 0 radical (unpaired) electrons. The maximum Gasteiger partial charge on any atom is 0.361 e. The van der Waals surface area contributed by atoms with E-state index in [-0.39, 0.29) is 32.2 Å². The minimum Gasteiger partial charge on any atom is -0.477 e. The normalized spacial score (nSPS) is 13.3. The summed E-state index contributed by atoms with van der Waals surface area (Å²) in [6.45, 7) is 4.74. The van der Waals surface area contributed by atoms with Crippen molar-refractivity contribution in [3.8, 4) is 0 Å². The highest BCUT2D eigenvalue weighted by atomic mass is 16.7. The molecular formula is C65H116NO8+. The SMILES string of the molecule is CC/C=C\C/C=C\C/C=C\C/C=C\C/C=C\C/C=C\CCCCC(=O)OC(COC(=O)CCCCCCCCCCCCCCCCCCCCCCCCCCCCCC)COC(OCC[N+](C)(C)C)C(=O)O. The lowest BCUT2D eigenvalue weighted by molar-refractivity contribution is -0.870. The number of hydrogen-bond acceptors (Lipinski definition) is 7. The lowest BCUT2D eigenvalue weighted by Crippen LogP contribution is -2.40. The number of carboxylic acids is 1. The van der Waals surface area contributed by atoms with E-state index in [4.69, 9.17) is 18.9 Å². The predicted molar refractivity (Wildman–Crippen MR) is 313 cm³/mol. The number of aliphatic carboxylic acids is 1. The van der Waals surface area contributed by atoms with Gasteiger partial charge in [-0.25, -0.2) is 4.79 Å². The molecule has 0 saturated carbocycles. The Labute approximate surface area is 456 Å². The Kier molecular flexibility index (Phi) is 53.5. The molecule has 0 amide bonds. The van der Waals surface area contributed by atoms with Gasteiger partial charge in [0.2, 0.25) is 0 Å². The molecule has 0 heterocycles. The molecule has 9 nitrogen and oxygen atoms in total. The highest BCUT2D eigenvalue weighted by molar-refractivity contribution is 5.71. The summed E-state index contributed by atoms with van der Waals surface area (Å²) in [6.07, 6.45) is 70.0. The topological polar surface area (TPSA) is 108 Å². The molecule has 0 spiro atoms. The van der Waals surface area contributed by atoms with Crippen molar-refractivity contribution < 1.29 is 42.9 Å². The van der Waals surface area contributed by atoms with Crippen LogP contribution in [0.3, 0.4) is 0 Å². The zero-order valence-corrected chi connectivity index (χ0v) is 48.7. The van der Waals surface area contributed by atoms with Crippen molar-refractivity contribution >= 4 is 17.9 Å². The molecule has 0 bridgehead atoms. The molecule has 428 valence electrons. The van der Waals surface area contributed by atoms with E-state index >= 15 is 0 Å². The van der Waals surface area contributed by atoms with Gasteiger partial charge in [0, 0.05) is 12.8 Å². The lowest BCUT2D eigenvalue weighted by Gasteiger charge is -2.25. The molecule has 2 atom stereocenters. The molecule has 0 aliphatic heterocycles. The van der Waals surface area contributed by atoms with Crippen molar-refractivity contribution in [2.45, 2.75) is 277 Å². The average Bonchev–Trinajstić information content (AvgIpc) is 3.37. The first-order valence-electron chi connectivity index (χ1n) is 30.6. The first-order valence-corrected chi connectivity index (χ1v) is 30.6. The second-order valence-electron chi connectivity index (χ2n) is 21.6. The number of rotatable bonds is 56. The number of quaternary nitrogens is 1. The molecule has 0 aromatic heterocycles. The number of likely N-dealkylation sites (N-methyl/N-ethyl adjacent to an activating group) is 1. The van der Waals surface area contributed by atoms with E-state index in [0.717, 1.165) is 70.6 Å². The summed E-state index contributed by atoms with van der Waals surface area (Å²) in [5, 5.41) is 9.71. The molecular weight excluding hydrogens is 923 g/mol. The summed E-state index contributed by atoms with van der Waals surface area (Å²) >= 11 is 0. The summed E-state index contributed by atoms with van der Waals surface area (Å²) in [7, 11) is 5.95. The fourth-order valence-corrected chi connectivity index (χ4v) is 8.55. The third-order valence-corrected chi connectivity index (χ3v) is 13.2. The minimum absolute atomic E-state index is 0.177. The number of carbonyl (C=O) groups is 3. The number of esters is 2. The van der Waals surface area contributed by atoms with E-state index in [1.54, 1.807) is 0 Å². The summed E-state index contributed by atoms with van der Waals surface area (Å²) in [5.41, 5.74) is 0. The predicted octanol–water partition coefficient (Wildman–Crippen LogP) is 18.2. The Hall–Kier alpha value is -3.27. The molecule has 0 aliphatic rings. The van der Waals surface area contributed by atoms with E-state index in [9.17, 15) is 19.5 Å². The Balaban J connectivity index is 4.22. The number of ether oxygens (including phenoxy) is 4. The van der Waals surface area contributed by atoms with Gasteiger partial charge in [-0.1, -0.05) is 260 Å². The summed E-state index contributed by atoms with van der Waals surface area (Å²) in [4.78, 5) is 37.4. The smallest absolute Gasteiger partial charge is 0.361 e. The van der Waals surface area contributed by atoms with Gasteiger partial charge >= 0.3 is 17.9 Å². The number of hydrogen-bond donors (Lipinski definition) is 1. The van der Waals surface area contributed by atoms with Crippen LogP contribution in [0.15, 0.2) is 72.9 Å². The number of carboxylic acid groups (broad SMARTS) is 1. The van der Waals surface area contributed by atoms with Gasteiger partial charge in [0.1, 0.15) is 13.2 Å². The number of unbranched alkanes of at least 4 members (excludes halogenated alkanes) is 29. The maximum absolute atomic E-state index is 12.9. The zero-order valence-electron chi connectivity index (χ0n) is 48.7. The fraction of sp³-hybridized carbons (Fsp3) is 0.769. The van der Waals surface area contributed by atoms with Gasteiger partial charge in [0.25, 0.3) is 6.29 Å². The van der Waals surface area contributed by atoms with E-state index in [2.05, 4.69) is 86.8 Å². The van der Waals surface area contributed by atoms with Gasteiger partial charge in [0.15, 0.2) is 6.10 Å². The first-order chi connectivity index (χ1) is 36.1. The van der Waals surface area contributed by atoms with Crippen LogP contribution in [-0.2, 0) is 33.3 Å². The van der Waals surface area contributed by atoms with Crippen molar-refractivity contribution in [2.75, 3.05) is 47.5 Å². The number of carbonyl (C=O) groups excluding carboxylic acids is 2. The van der Waals surface area contributed by atoms with E-state index < -0.39 is 24.3 Å². The Morgan fingerprint density at radius 1 is 0.419 bits per heavy atom. The molecule has 0 rings (SSSR count). The standard InChI is InChI=1S/C65H115NO8/c1-6-8-10-12-14-16-18-20-22-24-26-28-29-30-31-32-33-34-36-37-39-41-43-45-47-49-51-53-55-62(67)72-59-61(60-73-65(64(69)70)71-58-57-66(3,4)5)74-63(68)56-54-52-50-48-46-44-42-40-38-35-27-25-23-21-19-17-15-13-11-9-7-2/h9,11,15,17,21,23,27,35,40,42,46,48,61,65H,6-8,10,12-14,16,18-20,22,24-26,28-34,36-39,41,43-45,47,49-60H2,1-5H3/p+1/b11-9-,17-15-,23-21-,35-27-,42-40-,48-46-. The molecule has 1 N–H and O–H groups in total. The van der Waals surface area contributed by atoms with Crippen LogP contribution >= 0.6 is 0 Å². The van der Waals surface area contributed by atoms with Crippen LogP contribution in [-0.4, -0.2) is 87.4 Å². The van der Waals surface area contributed by atoms with Crippen LogP contribution < -0.4 is 0 Å². The second-order valence-corrected chi connectivity index (χ2v) is 21.6. The molecule has 0 aromatic carbocycles. The van der Waals surface area contributed by atoms with Gasteiger partial charge in [-0.05, 0) is 64.2 Å².